The summed E-state index contributed by atoms with van der Waals surface area (Å²) in [6.45, 7) is 8.63. The lowest BCUT2D eigenvalue weighted by Crippen LogP contribution is -2.23. The number of oxime groups is 1. The fourth-order valence-electron chi connectivity index (χ4n) is 2.94. The van der Waals surface area contributed by atoms with Gasteiger partial charge in [-0.15, -0.1) is 0 Å². The van der Waals surface area contributed by atoms with Crippen LogP contribution in [0.15, 0.2) is 21.8 Å². The third kappa shape index (κ3) is 3.40. The molecular formula is C17H22FN3O4S. The molecule has 2 heterocycles. The van der Waals surface area contributed by atoms with Crippen LogP contribution in [0.2, 0.25) is 0 Å². The van der Waals surface area contributed by atoms with Gasteiger partial charge in [0.1, 0.15) is 22.9 Å². The molecule has 0 atom stereocenters. The van der Waals surface area contributed by atoms with Gasteiger partial charge in [-0.2, -0.15) is 0 Å². The number of aromatic nitrogens is 1. The molecule has 0 N–H and O–H groups in total. The van der Waals surface area contributed by atoms with Gasteiger partial charge in [0.25, 0.3) is 0 Å². The monoisotopic (exact) mass is 383 g/mol. The Balaban J connectivity index is 1.97. The molecule has 3 rings (SSSR count). The highest BCUT2D eigenvalue weighted by Crippen LogP contribution is 2.31. The Kier molecular flexibility index (Phi) is 4.68. The van der Waals surface area contributed by atoms with E-state index in [1.165, 1.54) is 6.07 Å². The fraction of sp³-hybridized carbons (Fsp3) is 0.529. The number of anilines is 1. The molecule has 0 saturated heterocycles. The van der Waals surface area contributed by atoms with E-state index in [1.54, 1.807) is 19.9 Å². The smallest absolute Gasteiger partial charge is 0.200 e. The Bertz CT molecular complexity index is 962. The summed E-state index contributed by atoms with van der Waals surface area (Å²) in [7, 11) is -3.70. The topological polar surface area (TPSA) is 85.0 Å². The van der Waals surface area contributed by atoms with E-state index in [-0.39, 0.29) is 28.5 Å². The van der Waals surface area contributed by atoms with Crippen LogP contribution in [0.3, 0.4) is 0 Å². The maximum absolute atomic E-state index is 14.3. The lowest BCUT2D eigenvalue weighted by Gasteiger charge is -2.21. The molecule has 26 heavy (non-hydrogen) atoms. The highest BCUT2D eigenvalue weighted by Gasteiger charge is 2.36. The standard InChI is InChI=1S/C17H22FN3O4S/c1-5-21(6-2)14-7-11-13(19-24-15(11)8-12(14)18)10-26(22,23)16-9-17(3,4)25-20-16/h7-8H,5-6,9-10H2,1-4H3. The number of hydrogen-bond donors (Lipinski definition) is 0. The summed E-state index contributed by atoms with van der Waals surface area (Å²) in [6.07, 6.45) is 0.199. The minimum absolute atomic E-state index is 0.00951. The molecule has 142 valence electrons. The summed E-state index contributed by atoms with van der Waals surface area (Å²) in [5.41, 5.74) is 0.203. The van der Waals surface area contributed by atoms with Crippen LogP contribution in [-0.4, -0.2) is 37.3 Å². The van der Waals surface area contributed by atoms with Crippen molar-refractivity contribution in [2.45, 2.75) is 45.5 Å². The predicted octanol–water partition coefficient (Wildman–Crippen LogP) is 3.24. The van der Waals surface area contributed by atoms with E-state index < -0.39 is 21.3 Å². The number of hydrogen-bond acceptors (Lipinski definition) is 7. The largest absolute Gasteiger partial charge is 0.389 e. The molecule has 1 aromatic heterocycles. The van der Waals surface area contributed by atoms with Crippen LogP contribution in [0.1, 0.15) is 39.8 Å². The molecule has 0 fully saturated rings. The van der Waals surface area contributed by atoms with Crippen LogP contribution in [-0.2, 0) is 20.4 Å². The van der Waals surface area contributed by atoms with Gasteiger partial charge in [-0.05, 0) is 33.8 Å². The molecule has 0 aliphatic carbocycles. The number of benzene rings is 1. The molecule has 1 aliphatic heterocycles. The lowest BCUT2D eigenvalue weighted by molar-refractivity contribution is 0.0123. The summed E-state index contributed by atoms with van der Waals surface area (Å²) < 4.78 is 44.8. The summed E-state index contributed by atoms with van der Waals surface area (Å²) in [5, 5.41) is 8.03. The van der Waals surface area contributed by atoms with Gasteiger partial charge in [0, 0.05) is 31.0 Å². The van der Waals surface area contributed by atoms with Crippen LogP contribution in [0.25, 0.3) is 11.0 Å². The van der Waals surface area contributed by atoms with Crippen LogP contribution in [0.5, 0.6) is 0 Å². The summed E-state index contributed by atoms with van der Waals surface area (Å²) in [5.74, 6) is -0.802. The Morgan fingerprint density at radius 3 is 2.54 bits per heavy atom. The van der Waals surface area contributed by atoms with E-state index in [1.807, 2.05) is 18.7 Å². The van der Waals surface area contributed by atoms with Crippen molar-refractivity contribution in [2.24, 2.45) is 5.16 Å². The Hall–Kier alpha value is -2.16. The van der Waals surface area contributed by atoms with Crippen molar-refractivity contribution in [3.8, 4) is 0 Å². The van der Waals surface area contributed by atoms with Crippen molar-refractivity contribution in [1.29, 1.82) is 0 Å². The molecule has 0 spiro atoms. The zero-order valence-electron chi connectivity index (χ0n) is 15.2. The van der Waals surface area contributed by atoms with Crippen LogP contribution >= 0.6 is 0 Å². The van der Waals surface area contributed by atoms with Crippen molar-refractivity contribution in [1.82, 2.24) is 5.16 Å². The first-order valence-corrected chi connectivity index (χ1v) is 10.1. The first kappa shape index (κ1) is 18.6. The quantitative estimate of drug-likeness (QED) is 0.788. The van der Waals surface area contributed by atoms with Gasteiger partial charge in [-0.25, -0.2) is 12.8 Å². The molecule has 9 heteroatoms. The lowest BCUT2D eigenvalue weighted by atomic mass is 10.1. The van der Waals surface area contributed by atoms with Gasteiger partial charge in [0.05, 0.1) is 5.69 Å². The SMILES string of the molecule is CCN(CC)c1cc2c(CS(=O)(=O)C3=NOC(C)(C)C3)noc2cc1F. The van der Waals surface area contributed by atoms with Gasteiger partial charge < -0.3 is 14.3 Å². The van der Waals surface area contributed by atoms with Crippen LogP contribution in [0, 0.1) is 5.82 Å². The van der Waals surface area contributed by atoms with Gasteiger partial charge in [-0.3, -0.25) is 0 Å². The van der Waals surface area contributed by atoms with Gasteiger partial charge >= 0.3 is 0 Å². The van der Waals surface area contributed by atoms with Crippen molar-refractivity contribution in [2.75, 3.05) is 18.0 Å². The molecule has 0 saturated carbocycles. The zero-order chi connectivity index (χ0) is 19.1. The van der Waals surface area contributed by atoms with E-state index in [2.05, 4.69) is 10.3 Å². The number of halogens is 1. The Morgan fingerprint density at radius 1 is 1.27 bits per heavy atom. The van der Waals surface area contributed by atoms with Crippen molar-refractivity contribution < 1.29 is 22.2 Å². The minimum atomic E-state index is -3.70. The summed E-state index contributed by atoms with van der Waals surface area (Å²) in [6, 6.07) is 2.83. The number of rotatable bonds is 5. The molecule has 0 unspecified atom stereocenters. The van der Waals surface area contributed by atoms with E-state index >= 15 is 0 Å². The van der Waals surface area contributed by atoms with Gasteiger partial charge in [0.15, 0.2) is 10.6 Å². The molecule has 1 aliphatic rings. The first-order chi connectivity index (χ1) is 12.2. The normalized spacial score (nSPS) is 16.6. The second kappa shape index (κ2) is 6.53. The molecule has 0 radical (unpaired) electrons. The Labute approximate surface area is 151 Å². The predicted molar refractivity (Wildman–Crippen MR) is 97.4 cm³/mol. The van der Waals surface area contributed by atoms with Crippen LogP contribution in [0.4, 0.5) is 10.1 Å². The summed E-state index contributed by atoms with van der Waals surface area (Å²) >= 11 is 0. The minimum Gasteiger partial charge on any atom is -0.389 e. The fourth-order valence-corrected chi connectivity index (χ4v) is 4.40. The van der Waals surface area contributed by atoms with E-state index in [9.17, 15) is 12.8 Å². The van der Waals surface area contributed by atoms with E-state index in [0.29, 0.717) is 24.2 Å². The summed E-state index contributed by atoms with van der Waals surface area (Å²) in [4.78, 5) is 6.99. The molecule has 7 nitrogen and oxygen atoms in total. The molecule has 0 amide bonds. The third-order valence-electron chi connectivity index (χ3n) is 4.38. The molecule has 1 aromatic carbocycles. The van der Waals surface area contributed by atoms with Crippen LogP contribution < -0.4 is 4.90 Å². The number of fused-ring (bicyclic) bond motifs is 1. The second-order valence-corrected chi connectivity index (χ2v) is 8.86. The maximum Gasteiger partial charge on any atom is 0.200 e. The molecular weight excluding hydrogens is 361 g/mol. The van der Waals surface area contributed by atoms with Gasteiger partial charge in [-0.1, -0.05) is 10.3 Å². The van der Waals surface area contributed by atoms with E-state index in [0.717, 1.165) is 0 Å². The average molecular weight is 383 g/mol. The Morgan fingerprint density at radius 2 is 1.96 bits per heavy atom. The van der Waals surface area contributed by atoms with Crippen molar-refractivity contribution >= 4 is 31.5 Å². The van der Waals surface area contributed by atoms with Crippen molar-refractivity contribution in [3.05, 3.63) is 23.6 Å². The highest BCUT2D eigenvalue weighted by molar-refractivity contribution is 8.05. The molecule has 0 bridgehead atoms. The average Bonchev–Trinajstić information content (AvgIpc) is 3.12. The van der Waals surface area contributed by atoms with Gasteiger partial charge in [0.2, 0.25) is 9.84 Å². The third-order valence-corrected chi connectivity index (χ3v) is 5.97. The first-order valence-electron chi connectivity index (χ1n) is 8.47. The number of nitrogens with zero attached hydrogens (tertiary/aromatic N) is 3. The number of sulfone groups is 1. The van der Waals surface area contributed by atoms with Crippen molar-refractivity contribution in [3.63, 3.8) is 0 Å². The zero-order valence-corrected chi connectivity index (χ0v) is 16.1. The molecule has 2 aromatic rings. The second-order valence-electron chi connectivity index (χ2n) is 6.87. The van der Waals surface area contributed by atoms with E-state index in [4.69, 9.17) is 9.36 Å². The maximum atomic E-state index is 14.3. The highest BCUT2D eigenvalue weighted by atomic mass is 32.2.